The second-order valence-corrected chi connectivity index (χ2v) is 8.34. The predicted molar refractivity (Wildman–Crippen MR) is 132 cm³/mol. The molecule has 0 atom stereocenters. The maximum atomic E-state index is 4.98. The molecule has 0 unspecified atom stereocenters. The summed E-state index contributed by atoms with van der Waals surface area (Å²) >= 11 is 3.76. The molecule has 150 valence electrons. The van der Waals surface area contributed by atoms with Crippen LogP contribution >= 0.6 is 15.9 Å². The molecule has 2 nitrogen and oxygen atoms in total. The Labute approximate surface area is 190 Å². The Hall–Kier alpha value is -3.43. The summed E-state index contributed by atoms with van der Waals surface area (Å²) in [5.74, 6) is 0.801. The van der Waals surface area contributed by atoms with E-state index in [1.165, 1.54) is 0 Å². The van der Waals surface area contributed by atoms with E-state index >= 15 is 0 Å². The number of pyridine rings is 1. The minimum Gasteiger partial charge on any atom is -0.352 e. The zero-order valence-corrected chi connectivity index (χ0v) is 18.5. The molecule has 0 aliphatic heterocycles. The summed E-state index contributed by atoms with van der Waals surface area (Å²) in [7, 11) is 0. The standard InChI is InChI=1S/C28H21BrN2/c29-25-20-21-12-10-11-19-26(21)30-27(25)31-28(22-13-4-1-5-14-22,23-15-6-2-7-16-23)24-17-8-3-9-18-24/h1-20H,(H,30,31). The number of anilines is 1. The highest BCUT2D eigenvalue weighted by Gasteiger charge is 2.37. The Morgan fingerprint density at radius 1 is 0.581 bits per heavy atom. The number of nitrogens with one attached hydrogen (secondary N) is 1. The average molecular weight is 465 g/mol. The molecule has 0 aliphatic carbocycles. The van der Waals surface area contributed by atoms with Crippen molar-refractivity contribution < 1.29 is 0 Å². The molecule has 0 bridgehead atoms. The molecule has 1 N–H and O–H groups in total. The Bertz CT molecular complexity index is 1210. The van der Waals surface area contributed by atoms with E-state index in [2.05, 4.69) is 124 Å². The van der Waals surface area contributed by atoms with Crippen LogP contribution in [0.3, 0.4) is 0 Å². The third-order valence-electron chi connectivity index (χ3n) is 5.60. The Morgan fingerprint density at radius 3 is 1.55 bits per heavy atom. The first-order valence-electron chi connectivity index (χ1n) is 10.3. The normalized spacial score (nSPS) is 11.4. The summed E-state index contributed by atoms with van der Waals surface area (Å²) in [5.41, 5.74) is 3.79. The van der Waals surface area contributed by atoms with Crippen molar-refractivity contribution in [2.45, 2.75) is 5.54 Å². The molecule has 0 saturated carbocycles. The minimum absolute atomic E-state index is 0.609. The number of nitrogens with zero attached hydrogens (tertiary/aromatic N) is 1. The van der Waals surface area contributed by atoms with E-state index in [1.807, 2.05) is 18.2 Å². The van der Waals surface area contributed by atoms with Crippen LogP contribution in [0.2, 0.25) is 0 Å². The van der Waals surface area contributed by atoms with Gasteiger partial charge in [0.25, 0.3) is 0 Å². The van der Waals surface area contributed by atoms with Gasteiger partial charge in [-0.2, -0.15) is 0 Å². The second kappa shape index (κ2) is 8.37. The molecule has 0 aliphatic rings. The molecular formula is C28H21BrN2. The maximum Gasteiger partial charge on any atom is 0.142 e. The second-order valence-electron chi connectivity index (χ2n) is 7.48. The highest BCUT2D eigenvalue weighted by Crippen LogP contribution is 2.41. The van der Waals surface area contributed by atoms with Crippen LogP contribution in [0.1, 0.15) is 16.7 Å². The lowest BCUT2D eigenvalue weighted by molar-refractivity contribution is 0.706. The van der Waals surface area contributed by atoms with Crippen molar-refractivity contribution in [3.05, 3.63) is 142 Å². The van der Waals surface area contributed by atoms with Gasteiger partial charge in [-0.3, -0.25) is 0 Å². The SMILES string of the molecule is Brc1cc2ccccc2nc1NC(c1ccccc1)(c1ccccc1)c1ccccc1. The molecule has 5 rings (SSSR count). The third kappa shape index (κ3) is 3.62. The van der Waals surface area contributed by atoms with E-state index in [0.29, 0.717) is 0 Å². The van der Waals surface area contributed by atoms with Crippen LogP contribution in [0.25, 0.3) is 10.9 Å². The lowest BCUT2D eigenvalue weighted by Gasteiger charge is -2.37. The number of benzene rings is 4. The van der Waals surface area contributed by atoms with Gasteiger partial charge in [0.05, 0.1) is 9.99 Å². The average Bonchev–Trinajstić information content (AvgIpc) is 2.84. The number of hydrogen-bond acceptors (Lipinski definition) is 2. The summed E-state index contributed by atoms with van der Waals surface area (Å²) in [4.78, 5) is 4.98. The van der Waals surface area contributed by atoms with Gasteiger partial charge in [0, 0.05) is 5.39 Å². The van der Waals surface area contributed by atoms with Gasteiger partial charge >= 0.3 is 0 Å². The van der Waals surface area contributed by atoms with Gasteiger partial charge < -0.3 is 5.32 Å². The van der Waals surface area contributed by atoms with Crippen LogP contribution in [0.4, 0.5) is 5.82 Å². The highest BCUT2D eigenvalue weighted by molar-refractivity contribution is 9.10. The molecule has 5 aromatic rings. The van der Waals surface area contributed by atoms with E-state index in [0.717, 1.165) is 37.9 Å². The number of fused-ring (bicyclic) bond motifs is 1. The first kappa shape index (κ1) is 19.5. The molecule has 0 spiro atoms. The smallest absolute Gasteiger partial charge is 0.142 e. The van der Waals surface area contributed by atoms with Crippen molar-refractivity contribution >= 4 is 32.7 Å². The zero-order valence-electron chi connectivity index (χ0n) is 16.9. The monoisotopic (exact) mass is 464 g/mol. The topological polar surface area (TPSA) is 24.9 Å². The lowest BCUT2D eigenvalue weighted by atomic mass is 9.77. The molecule has 0 amide bonds. The van der Waals surface area contributed by atoms with Crippen molar-refractivity contribution in [3.8, 4) is 0 Å². The number of hydrogen-bond donors (Lipinski definition) is 1. The molecule has 0 fully saturated rings. The van der Waals surface area contributed by atoms with Gasteiger partial charge in [0.2, 0.25) is 0 Å². The largest absolute Gasteiger partial charge is 0.352 e. The molecule has 31 heavy (non-hydrogen) atoms. The first-order valence-corrected chi connectivity index (χ1v) is 11.1. The summed E-state index contributed by atoms with van der Waals surface area (Å²) in [6, 6.07) is 42.0. The summed E-state index contributed by atoms with van der Waals surface area (Å²) in [5, 5.41) is 4.95. The Morgan fingerprint density at radius 2 is 1.03 bits per heavy atom. The molecule has 1 aromatic heterocycles. The van der Waals surface area contributed by atoms with Gasteiger partial charge in [0.15, 0.2) is 0 Å². The predicted octanol–water partition coefficient (Wildman–Crippen LogP) is 7.40. The summed E-state index contributed by atoms with van der Waals surface area (Å²) < 4.78 is 0.929. The van der Waals surface area contributed by atoms with Crippen molar-refractivity contribution in [1.82, 2.24) is 4.98 Å². The highest BCUT2D eigenvalue weighted by atomic mass is 79.9. The van der Waals surface area contributed by atoms with Crippen LogP contribution in [-0.2, 0) is 5.54 Å². The van der Waals surface area contributed by atoms with Crippen LogP contribution in [0.5, 0.6) is 0 Å². The number of halogens is 1. The van der Waals surface area contributed by atoms with Gasteiger partial charge in [0.1, 0.15) is 11.4 Å². The van der Waals surface area contributed by atoms with Crippen LogP contribution in [0, 0.1) is 0 Å². The fourth-order valence-electron chi connectivity index (χ4n) is 4.14. The molecular weight excluding hydrogens is 444 g/mol. The van der Waals surface area contributed by atoms with Crippen molar-refractivity contribution in [3.63, 3.8) is 0 Å². The Balaban J connectivity index is 1.79. The number of para-hydroxylation sites is 1. The van der Waals surface area contributed by atoms with Gasteiger partial charge in [-0.25, -0.2) is 4.98 Å². The number of aromatic nitrogens is 1. The fourth-order valence-corrected chi connectivity index (χ4v) is 4.57. The molecule has 0 saturated heterocycles. The van der Waals surface area contributed by atoms with E-state index < -0.39 is 5.54 Å². The zero-order chi connectivity index (χ0) is 21.1. The van der Waals surface area contributed by atoms with Gasteiger partial charge in [-0.15, -0.1) is 0 Å². The molecule has 1 heterocycles. The van der Waals surface area contributed by atoms with E-state index in [9.17, 15) is 0 Å². The third-order valence-corrected chi connectivity index (χ3v) is 6.21. The quantitative estimate of drug-likeness (QED) is 0.274. The summed E-state index contributed by atoms with van der Waals surface area (Å²) in [6.45, 7) is 0. The van der Waals surface area contributed by atoms with Crippen molar-refractivity contribution in [2.75, 3.05) is 5.32 Å². The maximum absolute atomic E-state index is 4.98. The molecule has 4 aromatic carbocycles. The van der Waals surface area contributed by atoms with Crippen molar-refractivity contribution in [1.29, 1.82) is 0 Å². The lowest BCUT2D eigenvalue weighted by Crippen LogP contribution is -2.38. The minimum atomic E-state index is -0.609. The first-order chi connectivity index (χ1) is 15.3. The van der Waals surface area contributed by atoms with Crippen molar-refractivity contribution in [2.24, 2.45) is 0 Å². The number of rotatable bonds is 5. The van der Waals surface area contributed by atoms with Gasteiger partial charge in [-0.05, 0) is 44.8 Å². The fraction of sp³-hybridized carbons (Fsp3) is 0.0357. The van der Waals surface area contributed by atoms with Crippen LogP contribution in [-0.4, -0.2) is 4.98 Å². The summed E-state index contributed by atoms with van der Waals surface area (Å²) in [6.07, 6.45) is 0. The van der Waals surface area contributed by atoms with Crippen LogP contribution < -0.4 is 5.32 Å². The van der Waals surface area contributed by atoms with E-state index in [4.69, 9.17) is 4.98 Å². The van der Waals surface area contributed by atoms with Crippen LogP contribution in [0.15, 0.2) is 126 Å². The van der Waals surface area contributed by atoms with E-state index in [1.54, 1.807) is 0 Å². The molecule has 3 heteroatoms. The Kier molecular flexibility index (Phi) is 5.27. The van der Waals surface area contributed by atoms with E-state index in [-0.39, 0.29) is 0 Å². The molecule has 0 radical (unpaired) electrons. The van der Waals surface area contributed by atoms with Gasteiger partial charge in [-0.1, -0.05) is 109 Å².